The van der Waals surface area contributed by atoms with Crippen LogP contribution in [-0.2, 0) is 0 Å². The molecule has 0 spiro atoms. The smallest absolute Gasteiger partial charge is 0.254 e. The third-order valence-electron chi connectivity index (χ3n) is 4.24. The Hall–Kier alpha value is -1.31. The second-order valence-corrected chi connectivity index (χ2v) is 5.70. The molecule has 1 aliphatic carbocycles. The summed E-state index contributed by atoms with van der Waals surface area (Å²) in [5.41, 5.74) is 3.13. The second kappa shape index (κ2) is 6.23. The molecule has 1 saturated carbocycles. The molecule has 1 aliphatic rings. The van der Waals surface area contributed by atoms with E-state index in [1.54, 1.807) is 0 Å². The van der Waals surface area contributed by atoms with E-state index in [4.69, 9.17) is 0 Å². The quantitative estimate of drug-likeness (QED) is 0.800. The summed E-state index contributed by atoms with van der Waals surface area (Å²) in [6.45, 7) is 6.99. The normalized spacial score (nSPS) is 16.4. The molecule has 0 bridgehead atoms. The van der Waals surface area contributed by atoms with Gasteiger partial charge in [0.25, 0.3) is 5.91 Å². The van der Waals surface area contributed by atoms with E-state index in [1.165, 1.54) is 32.1 Å². The molecule has 0 aromatic heterocycles. The Labute approximate surface area is 116 Å². The van der Waals surface area contributed by atoms with E-state index in [1.807, 2.05) is 19.9 Å². The van der Waals surface area contributed by atoms with Crippen molar-refractivity contribution in [2.24, 2.45) is 0 Å². The molecule has 0 radical (unpaired) electrons. The molecule has 1 aromatic carbocycles. The number of hydrogen-bond donors (Lipinski definition) is 0. The monoisotopic (exact) mass is 259 g/mol. The van der Waals surface area contributed by atoms with Gasteiger partial charge >= 0.3 is 0 Å². The van der Waals surface area contributed by atoms with Crippen LogP contribution in [0.25, 0.3) is 0 Å². The van der Waals surface area contributed by atoms with E-state index in [-0.39, 0.29) is 5.91 Å². The highest BCUT2D eigenvalue weighted by Gasteiger charge is 2.25. The third-order valence-corrected chi connectivity index (χ3v) is 4.24. The zero-order valence-electron chi connectivity index (χ0n) is 12.4. The lowest BCUT2D eigenvalue weighted by atomic mass is 9.93. The van der Waals surface area contributed by atoms with Crippen molar-refractivity contribution in [3.63, 3.8) is 0 Å². The Morgan fingerprint density at radius 3 is 2.53 bits per heavy atom. The van der Waals surface area contributed by atoms with Gasteiger partial charge in [-0.25, -0.2) is 0 Å². The summed E-state index contributed by atoms with van der Waals surface area (Å²) in [6.07, 6.45) is 6.20. The first-order chi connectivity index (χ1) is 9.13. The highest BCUT2D eigenvalue weighted by atomic mass is 16.2. The molecule has 0 atom stereocenters. The molecule has 0 heterocycles. The van der Waals surface area contributed by atoms with E-state index in [0.717, 1.165) is 23.2 Å². The minimum atomic E-state index is 0.218. The van der Waals surface area contributed by atoms with Crippen LogP contribution in [-0.4, -0.2) is 23.4 Å². The number of aryl methyl sites for hydroxylation is 2. The standard InChI is InChI=1S/C17H25NO/c1-4-18(15-8-6-5-7-9-15)17(19)16-12-13(2)10-11-14(16)3/h10-12,15H,4-9H2,1-3H3. The van der Waals surface area contributed by atoms with Gasteiger partial charge in [-0.05, 0) is 45.2 Å². The van der Waals surface area contributed by atoms with Crippen LogP contribution < -0.4 is 0 Å². The van der Waals surface area contributed by atoms with Crippen molar-refractivity contribution in [1.29, 1.82) is 0 Å². The van der Waals surface area contributed by atoms with E-state index in [2.05, 4.69) is 24.0 Å². The minimum absolute atomic E-state index is 0.218. The van der Waals surface area contributed by atoms with Gasteiger partial charge in [0.1, 0.15) is 0 Å². The Bertz CT molecular complexity index is 447. The molecule has 0 aliphatic heterocycles. The summed E-state index contributed by atoms with van der Waals surface area (Å²) < 4.78 is 0. The van der Waals surface area contributed by atoms with Crippen molar-refractivity contribution in [1.82, 2.24) is 4.90 Å². The summed E-state index contributed by atoms with van der Waals surface area (Å²) in [4.78, 5) is 14.9. The Kier molecular flexibility index (Phi) is 4.62. The van der Waals surface area contributed by atoms with Gasteiger partial charge in [0.15, 0.2) is 0 Å². The number of benzene rings is 1. The predicted octanol–water partition coefficient (Wildman–Crippen LogP) is 4.10. The maximum Gasteiger partial charge on any atom is 0.254 e. The summed E-state index contributed by atoms with van der Waals surface area (Å²) in [5, 5.41) is 0. The Morgan fingerprint density at radius 1 is 1.21 bits per heavy atom. The molecule has 0 saturated heterocycles. The topological polar surface area (TPSA) is 20.3 Å². The average Bonchev–Trinajstić information content (AvgIpc) is 2.43. The molecule has 2 heteroatoms. The van der Waals surface area contributed by atoms with Gasteiger partial charge in [0.05, 0.1) is 0 Å². The SMILES string of the molecule is CCN(C(=O)c1cc(C)ccc1C)C1CCCCC1. The highest BCUT2D eigenvalue weighted by Crippen LogP contribution is 2.24. The van der Waals surface area contributed by atoms with Gasteiger partial charge in [0.2, 0.25) is 0 Å². The lowest BCUT2D eigenvalue weighted by Gasteiger charge is -2.34. The fourth-order valence-electron chi connectivity index (χ4n) is 3.08. The van der Waals surface area contributed by atoms with E-state index in [0.29, 0.717) is 6.04 Å². The van der Waals surface area contributed by atoms with E-state index < -0.39 is 0 Å². The van der Waals surface area contributed by atoms with Gasteiger partial charge in [0, 0.05) is 18.2 Å². The summed E-state index contributed by atoms with van der Waals surface area (Å²) in [6, 6.07) is 6.61. The van der Waals surface area contributed by atoms with E-state index >= 15 is 0 Å². The maximum atomic E-state index is 12.8. The zero-order valence-corrected chi connectivity index (χ0v) is 12.4. The van der Waals surface area contributed by atoms with Crippen LogP contribution in [0.4, 0.5) is 0 Å². The van der Waals surface area contributed by atoms with Crippen molar-refractivity contribution >= 4 is 5.91 Å². The number of rotatable bonds is 3. The van der Waals surface area contributed by atoms with Gasteiger partial charge in [-0.3, -0.25) is 4.79 Å². The lowest BCUT2D eigenvalue weighted by molar-refractivity contribution is 0.0647. The minimum Gasteiger partial charge on any atom is -0.336 e. The lowest BCUT2D eigenvalue weighted by Crippen LogP contribution is -2.41. The van der Waals surface area contributed by atoms with Gasteiger partial charge in [-0.2, -0.15) is 0 Å². The fraction of sp³-hybridized carbons (Fsp3) is 0.588. The van der Waals surface area contributed by atoms with Gasteiger partial charge < -0.3 is 4.90 Å². The predicted molar refractivity (Wildman–Crippen MR) is 79.5 cm³/mol. The molecule has 104 valence electrons. The fourth-order valence-corrected chi connectivity index (χ4v) is 3.08. The van der Waals surface area contributed by atoms with Crippen LogP contribution in [0.2, 0.25) is 0 Å². The largest absolute Gasteiger partial charge is 0.336 e. The highest BCUT2D eigenvalue weighted by molar-refractivity contribution is 5.96. The maximum absolute atomic E-state index is 12.8. The van der Waals surface area contributed by atoms with E-state index in [9.17, 15) is 4.79 Å². The van der Waals surface area contributed by atoms with Crippen molar-refractivity contribution in [2.75, 3.05) is 6.54 Å². The molecule has 1 amide bonds. The first kappa shape index (κ1) is 14.1. The molecule has 2 nitrogen and oxygen atoms in total. The van der Waals surface area contributed by atoms with Crippen molar-refractivity contribution in [3.8, 4) is 0 Å². The third kappa shape index (κ3) is 3.17. The number of carbonyl (C=O) groups excluding carboxylic acids is 1. The summed E-state index contributed by atoms with van der Waals surface area (Å²) in [5.74, 6) is 0.218. The molecule has 0 N–H and O–H groups in total. The number of nitrogens with zero attached hydrogens (tertiary/aromatic N) is 1. The zero-order chi connectivity index (χ0) is 13.8. The Balaban J connectivity index is 2.22. The van der Waals surface area contributed by atoms with Gasteiger partial charge in [-0.1, -0.05) is 37.0 Å². The molecule has 0 unspecified atom stereocenters. The number of hydrogen-bond acceptors (Lipinski definition) is 1. The average molecular weight is 259 g/mol. The Morgan fingerprint density at radius 2 is 1.89 bits per heavy atom. The van der Waals surface area contributed by atoms with Crippen LogP contribution >= 0.6 is 0 Å². The van der Waals surface area contributed by atoms with Crippen LogP contribution in [0.1, 0.15) is 60.5 Å². The van der Waals surface area contributed by atoms with Crippen LogP contribution in [0.5, 0.6) is 0 Å². The van der Waals surface area contributed by atoms with Gasteiger partial charge in [-0.15, -0.1) is 0 Å². The molecule has 19 heavy (non-hydrogen) atoms. The molecular formula is C17H25NO. The second-order valence-electron chi connectivity index (χ2n) is 5.70. The van der Waals surface area contributed by atoms with Crippen LogP contribution in [0, 0.1) is 13.8 Å². The summed E-state index contributed by atoms with van der Waals surface area (Å²) in [7, 11) is 0. The molecule has 2 rings (SSSR count). The van der Waals surface area contributed by atoms with Crippen LogP contribution in [0.3, 0.4) is 0 Å². The van der Waals surface area contributed by atoms with Crippen molar-refractivity contribution < 1.29 is 4.79 Å². The molecule has 1 aromatic rings. The van der Waals surface area contributed by atoms with Crippen molar-refractivity contribution in [2.45, 2.75) is 58.9 Å². The molecule has 1 fully saturated rings. The number of amides is 1. The summed E-state index contributed by atoms with van der Waals surface area (Å²) >= 11 is 0. The van der Waals surface area contributed by atoms with Crippen LogP contribution in [0.15, 0.2) is 18.2 Å². The number of carbonyl (C=O) groups is 1. The first-order valence-corrected chi connectivity index (χ1v) is 7.51. The van der Waals surface area contributed by atoms with Crippen molar-refractivity contribution in [3.05, 3.63) is 34.9 Å². The first-order valence-electron chi connectivity index (χ1n) is 7.51. The molecular weight excluding hydrogens is 234 g/mol.